The molecular weight excluding hydrogens is 298 g/mol. The Hall–Kier alpha value is -2.56. The molecular formula is C19H27N5. The molecule has 1 heterocycles. The Kier molecular flexibility index (Phi) is 6.61. The van der Waals surface area contributed by atoms with Crippen molar-refractivity contribution in [1.82, 2.24) is 15.6 Å². The van der Waals surface area contributed by atoms with Gasteiger partial charge in [-0.2, -0.15) is 0 Å². The predicted octanol–water partition coefficient (Wildman–Crippen LogP) is 2.71. The Morgan fingerprint density at radius 1 is 1.17 bits per heavy atom. The molecule has 0 atom stereocenters. The average Bonchev–Trinajstić information content (AvgIpc) is 2.59. The number of aromatic nitrogens is 1. The number of guanidine groups is 1. The second-order valence-corrected chi connectivity index (χ2v) is 5.88. The lowest BCUT2D eigenvalue weighted by Crippen LogP contribution is -2.37. The molecule has 24 heavy (non-hydrogen) atoms. The number of benzene rings is 1. The average molecular weight is 325 g/mol. The zero-order chi connectivity index (χ0) is 17.4. The quantitative estimate of drug-likeness (QED) is 0.633. The second kappa shape index (κ2) is 8.91. The van der Waals surface area contributed by atoms with Crippen LogP contribution >= 0.6 is 0 Å². The summed E-state index contributed by atoms with van der Waals surface area (Å²) in [7, 11) is 4.11. The third-order valence-electron chi connectivity index (χ3n) is 3.76. The van der Waals surface area contributed by atoms with E-state index in [1.54, 1.807) is 6.20 Å². The van der Waals surface area contributed by atoms with E-state index in [2.05, 4.69) is 71.7 Å². The van der Waals surface area contributed by atoms with Crippen LogP contribution in [0, 0.1) is 6.92 Å². The lowest BCUT2D eigenvalue weighted by atomic mass is 10.1. The molecule has 5 heteroatoms. The first-order chi connectivity index (χ1) is 11.6. The summed E-state index contributed by atoms with van der Waals surface area (Å²) in [6.45, 7) is 6.33. The monoisotopic (exact) mass is 325 g/mol. The van der Waals surface area contributed by atoms with E-state index in [0.717, 1.165) is 18.2 Å². The number of nitrogens with one attached hydrogen (secondary N) is 2. The van der Waals surface area contributed by atoms with Gasteiger partial charge < -0.3 is 15.5 Å². The lowest BCUT2D eigenvalue weighted by molar-refractivity contribution is 0.799. The molecule has 2 N–H and O–H groups in total. The van der Waals surface area contributed by atoms with Gasteiger partial charge in [0.25, 0.3) is 0 Å². The Labute approximate surface area is 144 Å². The van der Waals surface area contributed by atoms with E-state index in [9.17, 15) is 0 Å². The minimum Gasteiger partial charge on any atom is -0.378 e. The summed E-state index contributed by atoms with van der Waals surface area (Å²) >= 11 is 0. The van der Waals surface area contributed by atoms with E-state index < -0.39 is 0 Å². The SMILES string of the molecule is CCNC(=NCc1ccc(N(C)C)cc1C)NCc1ccccn1. The van der Waals surface area contributed by atoms with Crippen LogP contribution in [0.2, 0.25) is 0 Å². The van der Waals surface area contributed by atoms with Crippen LogP contribution < -0.4 is 15.5 Å². The standard InChI is InChI=1S/C19H27N5/c1-5-20-19(23-14-17-8-6-7-11-21-17)22-13-16-9-10-18(24(3)4)12-15(16)2/h6-12H,5,13-14H2,1-4H3,(H2,20,22,23). The molecule has 0 radical (unpaired) electrons. The number of rotatable bonds is 6. The Morgan fingerprint density at radius 2 is 2.00 bits per heavy atom. The molecule has 2 aromatic rings. The lowest BCUT2D eigenvalue weighted by Gasteiger charge is -2.15. The first kappa shape index (κ1) is 17.8. The number of hydrogen-bond donors (Lipinski definition) is 2. The molecule has 1 aromatic heterocycles. The van der Waals surface area contributed by atoms with E-state index in [-0.39, 0.29) is 0 Å². The summed E-state index contributed by atoms with van der Waals surface area (Å²) in [5, 5.41) is 6.60. The van der Waals surface area contributed by atoms with Gasteiger partial charge in [-0.05, 0) is 49.2 Å². The van der Waals surface area contributed by atoms with Crippen molar-refractivity contribution in [2.24, 2.45) is 4.99 Å². The van der Waals surface area contributed by atoms with Crippen molar-refractivity contribution >= 4 is 11.6 Å². The van der Waals surface area contributed by atoms with Gasteiger partial charge in [-0.15, -0.1) is 0 Å². The molecule has 128 valence electrons. The van der Waals surface area contributed by atoms with Crippen LogP contribution in [0.25, 0.3) is 0 Å². The van der Waals surface area contributed by atoms with Gasteiger partial charge in [0.05, 0.1) is 18.8 Å². The number of pyridine rings is 1. The molecule has 0 aliphatic rings. The van der Waals surface area contributed by atoms with Crippen molar-refractivity contribution in [3.8, 4) is 0 Å². The van der Waals surface area contributed by atoms with Crippen LogP contribution in [0.5, 0.6) is 0 Å². The highest BCUT2D eigenvalue weighted by molar-refractivity contribution is 5.79. The number of nitrogens with zero attached hydrogens (tertiary/aromatic N) is 3. The van der Waals surface area contributed by atoms with Crippen LogP contribution in [0.3, 0.4) is 0 Å². The topological polar surface area (TPSA) is 52.6 Å². The minimum atomic E-state index is 0.650. The van der Waals surface area contributed by atoms with E-state index in [1.165, 1.54) is 16.8 Å². The molecule has 0 saturated carbocycles. The van der Waals surface area contributed by atoms with Crippen LogP contribution in [-0.4, -0.2) is 31.6 Å². The summed E-state index contributed by atoms with van der Waals surface area (Å²) in [6, 6.07) is 12.4. The molecule has 0 fully saturated rings. The summed E-state index contributed by atoms with van der Waals surface area (Å²) in [6.07, 6.45) is 1.80. The van der Waals surface area contributed by atoms with Crippen LogP contribution in [0.4, 0.5) is 5.69 Å². The van der Waals surface area contributed by atoms with Crippen LogP contribution in [-0.2, 0) is 13.1 Å². The molecule has 2 rings (SSSR count). The van der Waals surface area contributed by atoms with Crippen molar-refractivity contribution in [2.75, 3.05) is 25.5 Å². The van der Waals surface area contributed by atoms with Crippen LogP contribution in [0.1, 0.15) is 23.7 Å². The zero-order valence-corrected chi connectivity index (χ0v) is 15.0. The fourth-order valence-corrected chi connectivity index (χ4v) is 2.32. The molecule has 0 aliphatic heterocycles. The highest BCUT2D eigenvalue weighted by atomic mass is 15.2. The van der Waals surface area contributed by atoms with E-state index in [4.69, 9.17) is 0 Å². The van der Waals surface area contributed by atoms with Crippen molar-refractivity contribution in [1.29, 1.82) is 0 Å². The van der Waals surface area contributed by atoms with Gasteiger partial charge in [0.15, 0.2) is 5.96 Å². The van der Waals surface area contributed by atoms with Crippen molar-refractivity contribution in [3.05, 3.63) is 59.4 Å². The number of aliphatic imine (C=N–C) groups is 1. The highest BCUT2D eigenvalue weighted by Gasteiger charge is 2.03. The van der Waals surface area contributed by atoms with Gasteiger partial charge in [-0.3, -0.25) is 4.98 Å². The Bertz CT molecular complexity index is 665. The van der Waals surface area contributed by atoms with Gasteiger partial charge in [0.1, 0.15) is 0 Å². The van der Waals surface area contributed by atoms with Gasteiger partial charge in [0.2, 0.25) is 0 Å². The summed E-state index contributed by atoms with van der Waals surface area (Å²) < 4.78 is 0. The Morgan fingerprint density at radius 3 is 2.62 bits per heavy atom. The predicted molar refractivity (Wildman–Crippen MR) is 101 cm³/mol. The maximum atomic E-state index is 4.69. The van der Waals surface area contributed by atoms with E-state index >= 15 is 0 Å². The molecule has 0 saturated heterocycles. The highest BCUT2D eigenvalue weighted by Crippen LogP contribution is 2.17. The first-order valence-electron chi connectivity index (χ1n) is 8.29. The number of anilines is 1. The number of hydrogen-bond acceptors (Lipinski definition) is 3. The maximum absolute atomic E-state index is 4.69. The van der Waals surface area contributed by atoms with Gasteiger partial charge in [0, 0.05) is 32.5 Å². The van der Waals surface area contributed by atoms with Crippen molar-refractivity contribution in [3.63, 3.8) is 0 Å². The maximum Gasteiger partial charge on any atom is 0.191 e. The molecule has 0 aliphatic carbocycles. The van der Waals surface area contributed by atoms with E-state index in [0.29, 0.717) is 13.1 Å². The minimum absolute atomic E-state index is 0.650. The largest absolute Gasteiger partial charge is 0.378 e. The summed E-state index contributed by atoms with van der Waals surface area (Å²) in [4.78, 5) is 11.1. The van der Waals surface area contributed by atoms with Gasteiger partial charge >= 0.3 is 0 Å². The third-order valence-corrected chi connectivity index (χ3v) is 3.76. The normalized spacial score (nSPS) is 11.2. The van der Waals surface area contributed by atoms with E-state index in [1.807, 2.05) is 18.2 Å². The summed E-state index contributed by atoms with van der Waals surface area (Å²) in [5.74, 6) is 0.805. The van der Waals surface area contributed by atoms with Crippen molar-refractivity contribution in [2.45, 2.75) is 26.9 Å². The van der Waals surface area contributed by atoms with Crippen molar-refractivity contribution < 1.29 is 0 Å². The second-order valence-electron chi connectivity index (χ2n) is 5.88. The molecule has 0 unspecified atom stereocenters. The Balaban J connectivity index is 2.02. The number of aryl methyl sites for hydroxylation is 1. The molecule has 0 amide bonds. The molecule has 1 aromatic carbocycles. The van der Waals surface area contributed by atoms with Gasteiger partial charge in [-0.25, -0.2) is 4.99 Å². The fourth-order valence-electron chi connectivity index (χ4n) is 2.32. The van der Waals surface area contributed by atoms with Crippen LogP contribution in [0.15, 0.2) is 47.6 Å². The zero-order valence-electron chi connectivity index (χ0n) is 15.0. The smallest absolute Gasteiger partial charge is 0.191 e. The molecule has 0 bridgehead atoms. The summed E-state index contributed by atoms with van der Waals surface area (Å²) in [5.41, 5.74) is 4.69. The van der Waals surface area contributed by atoms with Gasteiger partial charge in [-0.1, -0.05) is 12.1 Å². The fraction of sp³-hybridized carbons (Fsp3) is 0.368. The molecule has 0 spiro atoms. The third kappa shape index (κ3) is 5.26. The first-order valence-corrected chi connectivity index (χ1v) is 8.29. The molecule has 5 nitrogen and oxygen atoms in total.